The number of halogens is 1. The van der Waals surface area contributed by atoms with Crippen molar-refractivity contribution in [1.29, 1.82) is 0 Å². The first-order chi connectivity index (χ1) is 10.1. The van der Waals surface area contributed by atoms with Crippen LogP contribution in [0.2, 0.25) is 0 Å². The van der Waals surface area contributed by atoms with Gasteiger partial charge >= 0.3 is 0 Å². The SMILES string of the molecule is Cc1cccc(Cc2noc(-c3cc(N)ccc3F)n2)c1. The Kier molecular flexibility index (Phi) is 3.39. The molecule has 3 aromatic rings. The Morgan fingerprint density at radius 3 is 2.86 bits per heavy atom. The molecule has 5 heteroatoms. The van der Waals surface area contributed by atoms with E-state index in [1.165, 1.54) is 18.2 Å². The lowest BCUT2D eigenvalue weighted by molar-refractivity contribution is 0.421. The van der Waals surface area contributed by atoms with Crippen LogP contribution in [0.25, 0.3) is 11.5 Å². The van der Waals surface area contributed by atoms with Gasteiger partial charge in [0.1, 0.15) is 5.82 Å². The summed E-state index contributed by atoms with van der Waals surface area (Å²) in [5.74, 6) is 0.217. The lowest BCUT2D eigenvalue weighted by atomic mass is 10.1. The smallest absolute Gasteiger partial charge is 0.260 e. The van der Waals surface area contributed by atoms with Gasteiger partial charge in [0, 0.05) is 12.1 Å². The highest BCUT2D eigenvalue weighted by molar-refractivity contribution is 5.60. The molecule has 0 amide bonds. The molecule has 4 nitrogen and oxygen atoms in total. The van der Waals surface area contributed by atoms with E-state index in [-0.39, 0.29) is 11.5 Å². The van der Waals surface area contributed by atoms with Crippen LogP contribution in [-0.2, 0) is 6.42 Å². The maximum absolute atomic E-state index is 13.8. The van der Waals surface area contributed by atoms with Crippen LogP contribution in [0.4, 0.5) is 10.1 Å². The second-order valence-corrected chi connectivity index (χ2v) is 4.92. The van der Waals surface area contributed by atoms with Gasteiger partial charge in [0.25, 0.3) is 5.89 Å². The first kappa shape index (κ1) is 13.3. The van der Waals surface area contributed by atoms with Gasteiger partial charge in [-0.25, -0.2) is 4.39 Å². The summed E-state index contributed by atoms with van der Waals surface area (Å²) in [5, 5.41) is 3.89. The summed E-state index contributed by atoms with van der Waals surface area (Å²) in [7, 11) is 0. The average Bonchev–Trinajstić information content (AvgIpc) is 2.90. The van der Waals surface area contributed by atoms with Gasteiger partial charge in [-0.15, -0.1) is 0 Å². The fourth-order valence-electron chi connectivity index (χ4n) is 2.15. The monoisotopic (exact) mass is 283 g/mol. The molecule has 21 heavy (non-hydrogen) atoms. The number of nitrogen functional groups attached to an aromatic ring is 1. The van der Waals surface area contributed by atoms with Crippen molar-refractivity contribution < 1.29 is 8.91 Å². The van der Waals surface area contributed by atoms with Crippen molar-refractivity contribution >= 4 is 5.69 Å². The standard InChI is InChI=1S/C16H14FN3O/c1-10-3-2-4-11(7-10)8-15-19-16(21-20-15)13-9-12(18)5-6-14(13)17/h2-7,9H,8,18H2,1H3. The van der Waals surface area contributed by atoms with E-state index in [4.69, 9.17) is 10.3 Å². The van der Waals surface area contributed by atoms with Gasteiger partial charge in [-0.3, -0.25) is 0 Å². The number of nitrogens with zero attached hydrogens (tertiary/aromatic N) is 2. The van der Waals surface area contributed by atoms with E-state index >= 15 is 0 Å². The van der Waals surface area contributed by atoms with Gasteiger partial charge in [0.15, 0.2) is 5.82 Å². The summed E-state index contributed by atoms with van der Waals surface area (Å²) in [6, 6.07) is 12.3. The van der Waals surface area contributed by atoms with Gasteiger partial charge in [0.2, 0.25) is 0 Å². The summed E-state index contributed by atoms with van der Waals surface area (Å²) in [4.78, 5) is 4.23. The Hall–Kier alpha value is -2.69. The van der Waals surface area contributed by atoms with E-state index in [1.807, 2.05) is 25.1 Å². The van der Waals surface area contributed by atoms with Crippen molar-refractivity contribution in [2.45, 2.75) is 13.3 Å². The molecule has 0 saturated heterocycles. The number of aryl methyl sites for hydroxylation is 1. The van der Waals surface area contributed by atoms with Crippen LogP contribution in [0.1, 0.15) is 17.0 Å². The number of hydrogen-bond donors (Lipinski definition) is 1. The number of hydrogen-bond acceptors (Lipinski definition) is 4. The van der Waals surface area contributed by atoms with Crippen molar-refractivity contribution in [3.63, 3.8) is 0 Å². The maximum Gasteiger partial charge on any atom is 0.260 e. The Balaban J connectivity index is 1.88. The normalized spacial score (nSPS) is 10.8. The molecule has 0 radical (unpaired) electrons. The molecule has 0 aliphatic heterocycles. The molecule has 106 valence electrons. The van der Waals surface area contributed by atoms with Crippen molar-refractivity contribution in [2.75, 3.05) is 5.73 Å². The van der Waals surface area contributed by atoms with E-state index in [2.05, 4.69) is 16.2 Å². The third-order valence-electron chi connectivity index (χ3n) is 3.13. The molecular formula is C16H14FN3O. The van der Waals surface area contributed by atoms with Crippen LogP contribution in [0, 0.1) is 12.7 Å². The predicted molar refractivity (Wildman–Crippen MR) is 78.1 cm³/mol. The van der Waals surface area contributed by atoms with Crippen LogP contribution in [0.5, 0.6) is 0 Å². The highest BCUT2D eigenvalue weighted by Gasteiger charge is 2.14. The summed E-state index contributed by atoms with van der Waals surface area (Å²) in [6.07, 6.45) is 0.537. The second kappa shape index (κ2) is 5.36. The van der Waals surface area contributed by atoms with Crippen LogP contribution in [0.3, 0.4) is 0 Å². The minimum absolute atomic E-state index is 0.141. The summed E-state index contributed by atoms with van der Waals surface area (Å²) in [6.45, 7) is 2.02. The molecule has 1 heterocycles. The van der Waals surface area contributed by atoms with E-state index in [9.17, 15) is 4.39 Å². The predicted octanol–water partition coefficient (Wildman–Crippen LogP) is 3.36. The van der Waals surface area contributed by atoms with Gasteiger partial charge in [-0.1, -0.05) is 35.0 Å². The topological polar surface area (TPSA) is 64.9 Å². The third kappa shape index (κ3) is 2.91. The molecule has 0 aliphatic carbocycles. The van der Waals surface area contributed by atoms with Crippen LogP contribution in [0.15, 0.2) is 47.0 Å². The summed E-state index contributed by atoms with van der Waals surface area (Å²) >= 11 is 0. The van der Waals surface area contributed by atoms with E-state index in [0.717, 1.165) is 11.1 Å². The molecule has 2 aromatic carbocycles. The first-order valence-electron chi connectivity index (χ1n) is 6.55. The quantitative estimate of drug-likeness (QED) is 0.748. The van der Waals surface area contributed by atoms with Crippen molar-refractivity contribution in [3.05, 3.63) is 65.2 Å². The Bertz CT molecular complexity index is 783. The molecule has 0 bridgehead atoms. The van der Waals surface area contributed by atoms with Crippen molar-refractivity contribution in [1.82, 2.24) is 10.1 Å². The Morgan fingerprint density at radius 1 is 1.19 bits per heavy atom. The first-order valence-corrected chi connectivity index (χ1v) is 6.55. The zero-order valence-corrected chi connectivity index (χ0v) is 11.5. The molecule has 0 atom stereocenters. The zero-order chi connectivity index (χ0) is 14.8. The summed E-state index contributed by atoms with van der Waals surface area (Å²) in [5.41, 5.74) is 8.57. The van der Waals surface area contributed by atoms with Crippen LogP contribution in [-0.4, -0.2) is 10.1 Å². The number of benzene rings is 2. The average molecular weight is 283 g/mol. The van der Waals surface area contributed by atoms with E-state index in [0.29, 0.717) is 17.9 Å². The molecule has 2 N–H and O–H groups in total. The molecule has 0 aliphatic rings. The molecule has 0 spiro atoms. The second-order valence-electron chi connectivity index (χ2n) is 4.92. The molecule has 3 rings (SSSR count). The number of anilines is 1. The van der Waals surface area contributed by atoms with E-state index in [1.54, 1.807) is 0 Å². The van der Waals surface area contributed by atoms with Crippen LogP contribution >= 0.6 is 0 Å². The Labute approximate surface area is 121 Å². The number of nitrogens with two attached hydrogens (primary N) is 1. The van der Waals surface area contributed by atoms with Crippen molar-refractivity contribution in [3.8, 4) is 11.5 Å². The molecule has 1 aromatic heterocycles. The van der Waals surface area contributed by atoms with Gasteiger partial charge in [-0.2, -0.15) is 4.98 Å². The Morgan fingerprint density at radius 2 is 2.05 bits per heavy atom. The highest BCUT2D eigenvalue weighted by atomic mass is 19.1. The fraction of sp³-hybridized carbons (Fsp3) is 0.125. The summed E-state index contributed by atoms with van der Waals surface area (Å²) < 4.78 is 18.9. The molecule has 0 unspecified atom stereocenters. The number of aromatic nitrogens is 2. The molecule has 0 saturated carbocycles. The lowest BCUT2D eigenvalue weighted by Gasteiger charge is -1.99. The van der Waals surface area contributed by atoms with Crippen molar-refractivity contribution in [2.24, 2.45) is 0 Å². The lowest BCUT2D eigenvalue weighted by Crippen LogP contribution is -1.92. The largest absolute Gasteiger partial charge is 0.399 e. The van der Waals surface area contributed by atoms with Gasteiger partial charge < -0.3 is 10.3 Å². The van der Waals surface area contributed by atoms with E-state index < -0.39 is 5.82 Å². The van der Waals surface area contributed by atoms with Gasteiger partial charge in [0.05, 0.1) is 5.56 Å². The third-order valence-corrected chi connectivity index (χ3v) is 3.13. The number of rotatable bonds is 3. The minimum Gasteiger partial charge on any atom is -0.399 e. The maximum atomic E-state index is 13.8. The van der Waals surface area contributed by atoms with Gasteiger partial charge in [-0.05, 0) is 30.7 Å². The molecular weight excluding hydrogens is 269 g/mol. The minimum atomic E-state index is -0.435. The molecule has 0 fully saturated rings. The fourth-order valence-corrected chi connectivity index (χ4v) is 2.15. The van der Waals surface area contributed by atoms with Crippen LogP contribution < -0.4 is 5.73 Å². The highest BCUT2D eigenvalue weighted by Crippen LogP contribution is 2.23. The zero-order valence-electron chi connectivity index (χ0n) is 11.5.